The largest absolute Gasteiger partial charge is 0.464 e. The average Bonchev–Trinajstić information content (AvgIpc) is 3.54. The zero-order valence-corrected chi connectivity index (χ0v) is 18.9. The van der Waals surface area contributed by atoms with E-state index in [4.69, 9.17) is 9.15 Å². The second-order valence-corrected chi connectivity index (χ2v) is 9.06. The summed E-state index contributed by atoms with van der Waals surface area (Å²) in [6, 6.07) is 7.51. The smallest absolute Gasteiger partial charge is 0.341 e. The lowest BCUT2D eigenvalue weighted by Gasteiger charge is -2.07. The van der Waals surface area contributed by atoms with Gasteiger partial charge in [0.25, 0.3) is 0 Å². The average molecular weight is 475 g/mol. The molecule has 0 radical (unpaired) electrons. The summed E-state index contributed by atoms with van der Waals surface area (Å²) in [6.07, 6.45) is 2.20. The Bertz CT molecular complexity index is 1150. The van der Waals surface area contributed by atoms with Gasteiger partial charge < -0.3 is 14.5 Å². The van der Waals surface area contributed by atoms with Crippen LogP contribution in [-0.2, 0) is 16.0 Å². The molecule has 4 rings (SSSR count). The van der Waals surface area contributed by atoms with Crippen molar-refractivity contribution in [3.8, 4) is 11.3 Å². The van der Waals surface area contributed by atoms with E-state index in [2.05, 4.69) is 20.5 Å². The molecule has 0 aromatic carbocycles. The van der Waals surface area contributed by atoms with Crippen molar-refractivity contribution in [2.45, 2.75) is 18.5 Å². The molecular weight excluding hydrogens is 456 g/mol. The van der Waals surface area contributed by atoms with Crippen molar-refractivity contribution in [1.29, 1.82) is 0 Å². The third-order valence-electron chi connectivity index (χ3n) is 4.08. The summed E-state index contributed by atoms with van der Waals surface area (Å²) in [6.45, 7) is 1.96. The van der Waals surface area contributed by atoms with Gasteiger partial charge in [0.1, 0.15) is 22.1 Å². The van der Waals surface area contributed by atoms with Crippen molar-refractivity contribution < 1.29 is 18.7 Å². The molecule has 0 saturated heterocycles. The summed E-state index contributed by atoms with van der Waals surface area (Å²) in [4.78, 5) is 30.6. The first-order chi connectivity index (χ1) is 15.1. The highest BCUT2D eigenvalue weighted by Gasteiger charge is 2.24. The molecule has 0 spiro atoms. The number of hydrogen-bond acceptors (Lipinski definition) is 9. The van der Waals surface area contributed by atoms with Gasteiger partial charge in [0.15, 0.2) is 0 Å². The summed E-state index contributed by atoms with van der Waals surface area (Å²) >= 11 is 4.12. The van der Waals surface area contributed by atoms with E-state index in [1.807, 2.05) is 17.5 Å². The lowest BCUT2D eigenvalue weighted by molar-refractivity contribution is -0.113. The molecule has 1 amide bonds. The van der Waals surface area contributed by atoms with E-state index in [0.717, 1.165) is 5.82 Å². The van der Waals surface area contributed by atoms with Crippen LogP contribution in [0.4, 0.5) is 5.00 Å². The maximum absolute atomic E-state index is 12.5. The molecule has 11 heteroatoms. The predicted molar refractivity (Wildman–Crippen MR) is 121 cm³/mol. The zero-order chi connectivity index (χ0) is 21.6. The normalized spacial score (nSPS) is 10.9. The molecule has 31 heavy (non-hydrogen) atoms. The van der Waals surface area contributed by atoms with Gasteiger partial charge in [-0.05, 0) is 30.5 Å². The van der Waals surface area contributed by atoms with Gasteiger partial charge in [-0.3, -0.25) is 9.89 Å². The summed E-state index contributed by atoms with van der Waals surface area (Å²) in [7, 11) is 0. The van der Waals surface area contributed by atoms with Crippen LogP contribution in [0.3, 0.4) is 0 Å². The second-order valence-electron chi connectivity index (χ2n) is 6.21. The Morgan fingerprint density at radius 2 is 2.19 bits per heavy atom. The van der Waals surface area contributed by atoms with E-state index in [-0.39, 0.29) is 23.8 Å². The molecule has 2 N–H and O–H groups in total. The monoisotopic (exact) mass is 474 g/mol. The fraction of sp³-hybridized carbons (Fsp3) is 0.200. The Labute approximate surface area is 190 Å². The minimum atomic E-state index is -0.509. The molecule has 0 fully saturated rings. The van der Waals surface area contributed by atoms with E-state index in [1.54, 1.807) is 35.8 Å². The summed E-state index contributed by atoms with van der Waals surface area (Å²) < 4.78 is 10.6. The van der Waals surface area contributed by atoms with Crippen molar-refractivity contribution in [3.05, 3.63) is 57.6 Å². The van der Waals surface area contributed by atoms with Crippen LogP contribution in [0, 0.1) is 0 Å². The van der Waals surface area contributed by atoms with E-state index in [9.17, 15) is 9.59 Å². The molecule has 0 bridgehead atoms. The van der Waals surface area contributed by atoms with E-state index in [1.165, 1.54) is 34.2 Å². The van der Waals surface area contributed by atoms with Crippen LogP contribution < -0.4 is 5.32 Å². The summed E-state index contributed by atoms with van der Waals surface area (Å²) in [5.41, 5.74) is 0.875. The molecule has 0 unspecified atom stereocenters. The molecule has 0 atom stereocenters. The number of aromatic amines is 1. The van der Waals surface area contributed by atoms with Crippen LogP contribution in [0.25, 0.3) is 11.3 Å². The van der Waals surface area contributed by atoms with Gasteiger partial charge in [-0.15, -0.1) is 27.8 Å². The SMILES string of the molecule is CCOC(=O)c1c(-c2ccco2)csc1NC(=O)CSc1n[nH]c(Cc2cccs2)n1. The quantitative estimate of drug-likeness (QED) is 0.267. The van der Waals surface area contributed by atoms with Crippen molar-refractivity contribution in [3.63, 3.8) is 0 Å². The summed E-state index contributed by atoms with van der Waals surface area (Å²) in [5, 5.41) is 14.5. The number of esters is 1. The highest BCUT2D eigenvalue weighted by atomic mass is 32.2. The summed E-state index contributed by atoms with van der Waals surface area (Å²) in [5.74, 6) is 0.606. The third kappa shape index (κ3) is 5.24. The predicted octanol–water partition coefficient (Wildman–Crippen LogP) is 4.69. The van der Waals surface area contributed by atoms with Gasteiger partial charge >= 0.3 is 5.97 Å². The van der Waals surface area contributed by atoms with Gasteiger partial charge in [-0.25, -0.2) is 9.78 Å². The number of nitrogens with one attached hydrogen (secondary N) is 2. The van der Waals surface area contributed by atoms with Gasteiger partial charge in [-0.2, -0.15) is 0 Å². The second kappa shape index (κ2) is 9.94. The number of H-pyrrole nitrogens is 1. The molecule has 160 valence electrons. The topological polar surface area (TPSA) is 110 Å². The number of carbonyl (C=O) groups is 2. The fourth-order valence-corrected chi connectivity index (χ4v) is 5.04. The van der Waals surface area contributed by atoms with E-state index >= 15 is 0 Å². The van der Waals surface area contributed by atoms with Gasteiger partial charge in [0, 0.05) is 22.2 Å². The number of anilines is 1. The maximum atomic E-state index is 12.5. The first-order valence-corrected chi connectivity index (χ1v) is 12.1. The number of amides is 1. The zero-order valence-electron chi connectivity index (χ0n) is 16.4. The van der Waals surface area contributed by atoms with Gasteiger partial charge in [0.2, 0.25) is 11.1 Å². The first kappa shape index (κ1) is 21.3. The van der Waals surface area contributed by atoms with Gasteiger partial charge in [-0.1, -0.05) is 17.8 Å². The van der Waals surface area contributed by atoms with Crippen LogP contribution in [-0.4, -0.2) is 39.4 Å². The Morgan fingerprint density at radius 1 is 1.29 bits per heavy atom. The first-order valence-electron chi connectivity index (χ1n) is 9.32. The molecule has 4 heterocycles. The maximum Gasteiger partial charge on any atom is 0.341 e. The molecule has 0 aliphatic carbocycles. The number of thiophene rings is 2. The fourth-order valence-electron chi connectivity index (χ4n) is 2.76. The van der Waals surface area contributed by atoms with Crippen LogP contribution in [0.5, 0.6) is 0 Å². The molecule has 8 nitrogen and oxygen atoms in total. The number of furan rings is 1. The lowest BCUT2D eigenvalue weighted by atomic mass is 10.1. The van der Waals surface area contributed by atoms with E-state index < -0.39 is 5.97 Å². The molecule has 4 aromatic rings. The van der Waals surface area contributed by atoms with E-state index in [0.29, 0.717) is 27.9 Å². The lowest BCUT2D eigenvalue weighted by Crippen LogP contribution is -2.16. The molecule has 0 saturated carbocycles. The van der Waals surface area contributed by atoms with Crippen LogP contribution in [0.15, 0.2) is 50.9 Å². The number of hydrogen-bond donors (Lipinski definition) is 2. The highest BCUT2D eigenvalue weighted by molar-refractivity contribution is 7.99. The van der Waals surface area contributed by atoms with Crippen molar-refractivity contribution in [2.75, 3.05) is 17.7 Å². The minimum absolute atomic E-state index is 0.104. The standard InChI is InChI=1S/C20H18N4O4S3/c1-2-27-19(26)17-13(14-6-3-7-28-14)10-30-18(17)22-16(25)11-31-20-21-15(23-24-20)9-12-5-4-8-29-12/h3-8,10H,2,9,11H2,1H3,(H,22,25)(H,21,23,24). The Morgan fingerprint density at radius 3 is 2.94 bits per heavy atom. The number of thioether (sulfide) groups is 1. The van der Waals surface area contributed by atoms with Crippen molar-refractivity contribution in [2.24, 2.45) is 0 Å². The number of nitrogens with zero attached hydrogens (tertiary/aromatic N) is 2. The molecule has 0 aliphatic heterocycles. The highest BCUT2D eigenvalue weighted by Crippen LogP contribution is 2.36. The Hall–Kier alpha value is -2.89. The molecular formula is C20H18N4O4S3. The number of aromatic nitrogens is 3. The number of ether oxygens (including phenoxy) is 1. The number of rotatable bonds is 9. The molecule has 4 aromatic heterocycles. The minimum Gasteiger partial charge on any atom is -0.464 e. The Kier molecular flexibility index (Phi) is 6.85. The van der Waals surface area contributed by atoms with Crippen molar-refractivity contribution in [1.82, 2.24) is 15.2 Å². The van der Waals surface area contributed by atoms with Crippen LogP contribution in [0.1, 0.15) is 28.0 Å². The van der Waals surface area contributed by atoms with Crippen LogP contribution in [0.2, 0.25) is 0 Å². The van der Waals surface area contributed by atoms with Gasteiger partial charge in [0.05, 0.1) is 18.6 Å². The van der Waals surface area contributed by atoms with Crippen LogP contribution >= 0.6 is 34.4 Å². The molecule has 0 aliphatic rings. The van der Waals surface area contributed by atoms with Crippen molar-refractivity contribution >= 4 is 51.3 Å². The Balaban J connectivity index is 1.40. The number of carbonyl (C=O) groups excluding carboxylic acids is 2. The third-order valence-corrected chi connectivity index (χ3v) is 6.69.